The summed E-state index contributed by atoms with van der Waals surface area (Å²) in [6.07, 6.45) is 3.06. The summed E-state index contributed by atoms with van der Waals surface area (Å²) >= 11 is 0. The molecule has 1 aromatic carbocycles. The fraction of sp³-hybridized carbons (Fsp3) is 0.533. The van der Waals surface area contributed by atoms with E-state index in [-0.39, 0.29) is 5.91 Å². The van der Waals surface area contributed by atoms with Crippen LogP contribution in [0.15, 0.2) is 24.3 Å². The third kappa shape index (κ3) is 4.42. The Morgan fingerprint density at radius 1 is 1.50 bits per heavy atom. The van der Waals surface area contributed by atoms with Crippen molar-refractivity contribution in [1.29, 1.82) is 0 Å². The smallest absolute Gasteiger partial charge is 0.239 e. The summed E-state index contributed by atoms with van der Waals surface area (Å²) in [5, 5.41) is 3.02. The van der Waals surface area contributed by atoms with Gasteiger partial charge in [0.1, 0.15) is 5.75 Å². The van der Waals surface area contributed by atoms with Gasteiger partial charge in [-0.3, -0.25) is 4.79 Å². The van der Waals surface area contributed by atoms with Gasteiger partial charge in [0.05, 0.1) is 13.7 Å². The second-order valence-corrected chi connectivity index (χ2v) is 5.11. The van der Waals surface area contributed by atoms with Gasteiger partial charge in [-0.15, -0.1) is 0 Å². The lowest BCUT2D eigenvalue weighted by Crippen LogP contribution is -2.39. The number of methoxy groups -OCH3 is 1. The first-order valence-corrected chi connectivity index (χ1v) is 7.11. The Hall–Kier alpha value is -1.75. The molecular weight excluding hydrogens is 254 g/mol. The monoisotopic (exact) mass is 277 g/mol. The molecule has 1 saturated carbocycles. The number of nitrogens with one attached hydrogen (secondary N) is 1. The zero-order chi connectivity index (χ0) is 14.4. The minimum atomic E-state index is 0.0762. The average Bonchev–Trinajstić information content (AvgIpc) is 3.27. The van der Waals surface area contributed by atoms with Crippen molar-refractivity contribution < 1.29 is 9.53 Å². The van der Waals surface area contributed by atoms with E-state index in [1.165, 1.54) is 0 Å². The highest BCUT2D eigenvalue weighted by Crippen LogP contribution is 2.22. The molecule has 1 amide bonds. The summed E-state index contributed by atoms with van der Waals surface area (Å²) in [4.78, 5) is 14.0. The Balaban J connectivity index is 2.02. The van der Waals surface area contributed by atoms with Gasteiger partial charge in [-0.25, -0.2) is 0 Å². The van der Waals surface area contributed by atoms with Crippen molar-refractivity contribution in [3.8, 4) is 5.75 Å². The number of ether oxygens (including phenoxy) is 1. The Labute approximate surface area is 120 Å². The first-order valence-electron chi connectivity index (χ1n) is 7.11. The van der Waals surface area contributed by atoms with E-state index in [1.54, 1.807) is 7.11 Å². The standard InChI is InChI=1S/C15H23N3O2/c1-20-14-5-2-4-13(10-14)18(9-3-8-16)11-15(19)17-12-6-7-12/h2,4-5,10,12H,3,6-9,11,16H2,1H3,(H,17,19). The third-order valence-electron chi connectivity index (χ3n) is 3.33. The zero-order valence-corrected chi connectivity index (χ0v) is 12.0. The highest BCUT2D eigenvalue weighted by Gasteiger charge is 2.24. The van der Waals surface area contributed by atoms with Crippen LogP contribution in [0.25, 0.3) is 0 Å². The van der Waals surface area contributed by atoms with E-state index in [2.05, 4.69) is 5.32 Å². The molecule has 0 unspecified atom stereocenters. The summed E-state index contributed by atoms with van der Waals surface area (Å²) in [6, 6.07) is 8.16. The molecule has 0 aromatic heterocycles. The Morgan fingerprint density at radius 2 is 2.30 bits per heavy atom. The van der Waals surface area contributed by atoms with Gasteiger partial charge in [0.25, 0.3) is 0 Å². The zero-order valence-electron chi connectivity index (χ0n) is 12.0. The summed E-state index contributed by atoms with van der Waals surface area (Å²) < 4.78 is 5.24. The fourth-order valence-corrected chi connectivity index (χ4v) is 2.06. The average molecular weight is 277 g/mol. The lowest BCUT2D eigenvalue weighted by Gasteiger charge is -2.24. The molecule has 0 heterocycles. The molecule has 0 bridgehead atoms. The number of nitrogens with zero attached hydrogens (tertiary/aromatic N) is 1. The van der Waals surface area contributed by atoms with Crippen LogP contribution in [-0.4, -0.2) is 38.7 Å². The molecule has 1 aliphatic rings. The minimum absolute atomic E-state index is 0.0762. The molecule has 0 atom stereocenters. The van der Waals surface area contributed by atoms with Crippen LogP contribution in [0, 0.1) is 0 Å². The number of hydrogen-bond acceptors (Lipinski definition) is 4. The van der Waals surface area contributed by atoms with E-state index < -0.39 is 0 Å². The molecular formula is C15H23N3O2. The van der Waals surface area contributed by atoms with E-state index in [9.17, 15) is 4.79 Å². The van der Waals surface area contributed by atoms with Gasteiger partial charge in [-0.2, -0.15) is 0 Å². The van der Waals surface area contributed by atoms with Crippen LogP contribution in [0.1, 0.15) is 19.3 Å². The van der Waals surface area contributed by atoms with Gasteiger partial charge in [0.15, 0.2) is 0 Å². The SMILES string of the molecule is COc1cccc(N(CCCN)CC(=O)NC2CC2)c1. The lowest BCUT2D eigenvalue weighted by molar-refractivity contribution is -0.119. The van der Waals surface area contributed by atoms with Crippen LogP contribution in [0.5, 0.6) is 5.75 Å². The molecule has 20 heavy (non-hydrogen) atoms. The molecule has 3 N–H and O–H groups in total. The first kappa shape index (κ1) is 14.7. The number of benzene rings is 1. The van der Waals surface area contributed by atoms with Crippen molar-refractivity contribution in [2.45, 2.75) is 25.3 Å². The van der Waals surface area contributed by atoms with E-state index in [0.29, 0.717) is 19.1 Å². The second-order valence-electron chi connectivity index (χ2n) is 5.11. The van der Waals surface area contributed by atoms with Crippen LogP contribution in [0.3, 0.4) is 0 Å². The third-order valence-corrected chi connectivity index (χ3v) is 3.33. The van der Waals surface area contributed by atoms with Crippen LogP contribution in [0.2, 0.25) is 0 Å². The molecule has 110 valence electrons. The molecule has 0 aliphatic heterocycles. The molecule has 5 heteroatoms. The highest BCUT2D eigenvalue weighted by atomic mass is 16.5. The van der Waals surface area contributed by atoms with E-state index in [1.807, 2.05) is 29.2 Å². The predicted molar refractivity (Wildman–Crippen MR) is 80.0 cm³/mol. The number of amides is 1. The molecule has 1 fully saturated rings. The molecule has 5 nitrogen and oxygen atoms in total. The van der Waals surface area contributed by atoms with Crippen LogP contribution in [0.4, 0.5) is 5.69 Å². The Kier molecular flexibility index (Phi) is 5.24. The van der Waals surface area contributed by atoms with Gasteiger partial charge in [-0.05, 0) is 37.9 Å². The van der Waals surface area contributed by atoms with E-state index >= 15 is 0 Å². The highest BCUT2D eigenvalue weighted by molar-refractivity contribution is 5.82. The topological polar surface area (TPSA) is 67.6 Å². The van der Waals surface area contributed by atoms with Crippen LogP contribution in [-0.2, 0) is 4.79 Å². The van der Waals surface area contributed by atoms with E-state index in [0.717, 1.165) is 37.2 Å². The van der Waals surface area contributed by atoms with Crippen molar-refractivity contribution in [2.75, 3.05) is 31.6 Å². The normalized spacial score (nSPS) is 13.9. The van der Waals surface area contributed by atoms with Gasteiger partial charge in [0.2, 0.25) is 5.91 Å². The fourth-order valence-electron chi connectivity index (χ4n) is 2.06. The largest absolute Gasteiger partial charge is 0.497 e. The number of carbonyl (C=O) groups excluding carboxylic acids is 1. The van der Waals surface area contributed by atoms with Crippen molar-refractivity contribution >= 4 is 11.6 Å². The van der Waals surface area contributed by atoms with Gasteiger partial charge in [-0.1, -0.05) is 6.07 Å². The second kappa shape index (κ2) is 7.14. The molecule has 0 spiro atoms. The number of rotatable bonds is 8. The molecule has 1 aromatic rings. The summed E-state index contributed by atoms with van der Waals surface area (Å²) in [6.45, 7) is 1.75. The quantitative estimate of drug-likeness (QED) is 0.747. The number of nitrogens with two attached hydrogens (primary N) is 1. The van der Waals surface area contributed by atoms with Crippen molar-refractivity contribution in [3.05, 3.63) is 24.3 Å². The maximum absolute atomic E-state index is 12.0. The van der Waals surface area contributed by atoms with Crippen molar-refractivity contribution in [1.82, 2.24) is 5.32 Å². The van der Waals surface area contributed by atoms with Gasteiger partial charge < -0.3 is 20.7 Å². The lowest BCUT2D eigenvalue weighted by atomic mass is 10.2. The Morgan fingerprint density at radius 3 is 2.95 bits per heavy atom. The summed E-state index contributed by atoms with van der Waals surface area (Å²) in [5.74, 6) is 0.871. The maximum atomic E-state index is 12.0. The predicted octanol–water partition coefficient (Wildman–Crippen LogP) is 1.13. The summed E-state index contributed by atoms with van der Waals surface area (Å²) in [7, 11) is 1.64. The molecule has 2 rings (SSSR count). The van der Waals surface area contributed by atoms with Gasteiger partial charge in [0, 0.05) is 24.3 Å². The number of anilines is 1. The van der Waals surface area contributed by atoms with Crippen molar-refractivity contribution in [3.63, 3.8) is 0 Å². The minimum Gasteiger partial charge on any atom is -0.497 e. The Bertz CT molecular complexity index is 446. The first-order chi connectivity index (χ1) is 9.72. The van der Waals surface area contributed by atoms with E-state index in [4.69, 9.17) is 10.5 Å². The summed E-state index contributed by atoms with van der Waals surface area (Å²) in [5.41, 5.74) is 6.57. The van der Waals surface area contributed by atoms with Crippen LogP contribution < -0.4 is 20.7 Å². The number of hydrogen-bond donors (Lipinski definition) is 2. The van der Waals surface area contributed by atoms with Crippen molar-refractivity contribution in [2.24, 2.45) is 5.73 Å². The molecule has 0 saturated heterocycles. The molecule has 1 aliphatic carbocycles. The van der Waals surface area contributed by atoms with Gasteiger partial charge >= 0.3 is 0 Å². The van der Waals surface area contributed by atoms with Crippen LogP contribution >= 0.6 is 0 Å². The number of carbonyl (C=O) groups is 1. The maximum Gasteiger partial charge on any atom is 0.239 e. The molecule has 0 radical (unpaired) electrons.